The molecule has 292 valence electrons. The van der Waals surface area contributed by atoms with Gasteiger partial charge in [0.2, 0.25) is 0 Å². The van der Waals surface area contributed by atoms with Crippen molar-refractivity contribution in [2.24, 2.45) is 0 Å². The molecule has 2 aliphatic carbocycles. The minimum Gasteiger partial charge on any atom is -0.484 e. The fourth-order valence-corrected chi connectivity index (χ4v) is 11.1. The number of para-hydroxylation sites is 2. The van der Waals surface area contributed by atoms with Gasteiger partial charge in [-0.1, -0.05) is 183 Å². The van der Waals surface area contributed by atoms with E-state index in [0.29, 0.717) is 5.92 Å². The highest BCUT2D eigenvalue weighted by Crippen LogP contribution is 2.60. The molecule has 0 N–H and O–H groups in total. The molecule has 3 heterocycles. The van der Waals surface area contributed by atoms with E-state index >= 15 is 0 Å². The van der Waals surface area contributed by atoms with E-state index in [0.717, 1.165) is 24.3 Å². The maximum atomic E-state index is 6.72. The average molecular weight is 778 g/mol. The summed E-state index contributed by atoms with van der Waals surface area (Å²) in [5.41, 5.74) is 17.0. The maximum Gasteiger partial charge on any atom is 0.162 e. The van der Waals surface area contributed by atoms with E-state index in [9.17, 15) is 0 Å². The molecule has 0 spiro atoms. The van der Waals surface area contributed by atoms with Crippen LogP contribution >= 0.6 is 0 Å². The Labute approximate surface area is 353 Å². The molecular formula is C57H47NO2. The number of rotatable bonds is 7. The second-order valence-electron chi connectivity index (χ2n) is 17.8. The van der Waals surface area contributed by atoms with Crippen LogP contribution in [0.4, 0.5) is 5.69 Å². The van der Waals surface area contributed by atoms with Gasteiger partial charge in [0, 0.05) is 34.1 Å². The second kappa shape index (κ2) is 13.7. The van der Waals surface area contributed by atoms with Crippen LogP contribution in [-0.4, -0.2) is 12.2 Å². The first-order valence-electron chi connectivity index (χ1n) is 21.7. The first-order valence-corrected chi connectivity index (χ1v) is 21.7. The Kier molecular flexibility index (Phi) is 8.10. The largest absolute Gasteiger partial charge is 0.484 e. The molecule has 0 radical (unpaired) electrons. The average Bonchev–Trinajstić information content (AvgIpc) is 4.02. The molecule has 12 rings (SSSR count). The fraction of sp³-hybridized carbons (Fsp3) is 0.193. The normalized spacial score (nSPS) is 22.7. The second-order valence-corrected chi connectivity index (χ2v) is 17.8. The van der Waals surface area contributed by atoms with E-state index in [2.05, 4.69) is 207 Å². The van der Waals surface area contributed by atoms with Crippen LogP contribution in [0.25, 0.3) is 22.3 Å². The Balaban J connectivity index is 0.921. The minimum absolute atomic E-state index is 0.0685. The van der Waals surface area contributed by atoms with Crippen LogP contribution in [0.3, 0.4) is 0 Å². The van der Waals surface area contributed by atoms with Crippen molar-refractivity contribution >= 4 is 5.69 Å². The Morgan fingerprint density at radius 1 is 0.583 bits per heavy atom. The van der Waals surface area contributed by atoms with E-state index < -0.39 is 0 Å². The third-order valence-corrected chi connectivity index (χ3v) is 14.2. The lowest BCUT2D eigenvalue weighted by Crippen LogP contribution is -2.31. The van der Waals surface area contributed by atoms with Crippen LogP contribution in [-0.2, 0) is 5.41 Å². The van der Waals surface area contributed by atoms with E-state index in [1.54, 1.807) is 0 Å². The van der Waals surface area contributed by atoms with Gasteiger partial charge in [0.25, 0.3) is 0 Å². The summed E-state index contributed by atoms with van der Waals surface area (Å²) in [7, 11) is 0. The van der Waals surface area contributed by atoms with Gasteiger partial charge in [0.15, 0.2) is 12.2 Å². The summed E-state index contributed by atoms with van der Waals surface area (Å²) in [5, 5.41) is 0. The molecular weight excluding hydrogens is 731 g/mol. The third-order valence-electron chi connectivity index (χ3n) is 14.2. The van der Waals surface area contributed by atoms with Crippen LogP contribution in [0.2, 0.25) is 0 Å². The standard InChI is InChI=1S/C57H47NO2/c1-57(2)49-32-30-43(58-53-45-17-9-11-19-51(45)59-55(53)56-54(58)46-18-10-12-20-52(46)60-56)35-48(49)44-31-29-42(34-50(44)57)47(41-27-25-40(26-28-41)38-15-7-4-8-16-38)33-36-21-23-39(24-22-36)37-13-5-3-6-14-37/h3-23,25-32,34-35,39,47,53-56H,24,33H2,1-2H3/t39?,47-,53?,54?,55?,56?/m1/s1. The van der Waals surface area contributed by atoms with Crippen molar-refractivity contribution in [1.82, 2.24) is 0 Å². The van der Waals surface area contributed by atoms with Crippen molar-refractivity contribution in [3.8, 4) is 33.8 Å². The maximum absolute atomic E-state index is 6.72. The SMILES string of the molecule is CC1(C)c2ccc(N3C4c5ccccc5OC4C4Oc5ccccc5C43)cc2-c2ccc([C@H](CC3=CCC(c4ccccc4)C=C3)c3ccc(-c4ccccc4)cc3)cc21. The molecule has 6 atom stereocenters. The fourth-order valence-electron chi connectivity index (χ4n) is 11.1. The number of anilines is 1. The first-order chi connectivity index (χ1) is 29.5. The lowest BCUT2D eigenvalue weighted by molar-refractivity contribution is 0.0907. The van der Waals surface area contributed by atoms with Gasteiger partial charge in [-0.2, -0.15) is 0 Å². The molecule has 5 unspecified atom stereocenters. The Morgan fingerprint density at radius 2 is 1.20 bits per heavy atom. The van der Waals surface area contributed by atoms with Gasteiger partial charge >= 0.3 is 0 Å². The number of nitrogens with zero attached hydrogens (tertiary/aromatic N) is 1. The summed E-state index contributed by atoms with van der Waals surface area (Å²) >= 11 is 0. The highest BCUT2D eigenvalue weighted by molar-refractivity contribution is 5.84. The molecule has 3 nitrogen and oxygen atoms in total. The summed E-state index contributed by atoms with van der Waals surface area (Å²) in [6.07, 6.45) is 9.08. The molecule has 1 fully saturated rings. The van der Waals surface area contributed by atoms with Crippen molar-refractivity contribution in [2.45, 2.75) is 68.2 Å². The van der Waals surface area contributed by atoms with E-state index in [1.165, 1.54) is 72.5 Å². The van der Waals surface area contributed by atoms with Gasteiger partial charge in [-0.05, 0) is 87.2 Å². The van der Waals surface area contributed by atoms with Gasteiger partial charge in [-0.3, -0.25) is 0 Å². The van der Waals surface area contributed by atoms with Crippen LogP contribution in [0.15, 0.2) is 194 Å². The predicted molar refractivity (Wildman–Crippen MR) is 243 cm³/mol. The number of hydrogen-bond donors (Lipinski definition) is 0. The summed E-state index contributed by atoms with van der Waals surface area (Å²) in [6, 6.07) is 62.8. The summed E-state index contributed by atoms with van der Waals surface area (Å²) in [4.78, 5) is 2.61. The van der Waals surface area contributed by atoms with E-state index in [1.807, 2.05) is 0 Å². The molecule has 0 aromatic heterocycles. The number of allylic oxidation sites excluding steroid dienone is 4. The summed E-state index contributed by atoms with van der Waals surface area (Å²) in [6.45, 7) is 4.82. The van der Waals surface area contributed by atoms with Gasteiger partial charge in [0.1, 0.15) is 11.5 Å². The zero-order valence-electron chi connectivity index (χ0n) is 34.0. The number of fused-ring (bicyclic) bond motifs is 10. The van der Waals surface area contributed by atoms with Crippen molar-refractivity contribution in [1.29, 1.82) is 0 Å². The molecule has 1 saturated heterocycles. The zero-order valence-corrected chi connectivity index (χ0v) is 34.0. The molecule has 0 bridgehead atoms. The lowest BCUT2D eigenvalue weighted by atomic mass is 9.78. The number of benzene rings is 7. The number of ether oxygens (including phenoxy) is 2. The molecule has 7 aromatic rings. The molecule has 0 amide bonds. The topological polar surface area (TPSA) is 21.7 Å². The minimum atomic E-state index is -0.157. The highest BCUT2D eigenvalue weighted by atomic mass is 16.6. The van der Waals surface area contributed by atoms with Gasteiger partial charge in [-0.15, -0.1) is 0 Å². The third kappa shape index (κ3) is 5.55. The predicted octanol–water partition coefficient (Wildman–Crippen LogP) is 13.7. The zero-order chi connectivity index (χ0) is 40.0. The van der Waals surface area contributed by atoms with Gasteiger partial charge in [0.05, 0.1) is 12.1 Å². The van der Waals surface area contributed by atoms with Crippen LogP contribution < -0.4 is 14.4 Å². The molecule has 3 aliphatic heterocycles. The van der Waals surface area contributed by atoms with Crippen LogP contribution in [0.5, 0.6) is 11.5 Å². The van der Waals surface area contributed by atoms with Crippen molar-refractivity contribution in [3.63, 3.8) is 0 Å². The quantitative estimate of drug-likeness (QED) is 0.161. The Hall–Kier alpha value is -6.58. The van der Waals surface area contributed by atoms with Gasteiger partial charge in [-0.25, -0.2) is 0 Å². The smallest absolute Gasteiger partial charge is 0.162 e. The van der Waals surface area contributed by atoms with Crippen molar-refractivity contribution in [3.05, 3.63) is 233 Å². The van der Waals surface area contributed by atoms with E-state index in [4.69, 9.17) is 9.47 Å². The van der Waals surface area contributed by atoms with Crippen molar-refractivity contribution in [2.75, 3.05) is 4.90 Å². The molecule has 0 saturated carbocycles. The van der Waals surface area contributed by atoms with Crippen LogP contribution in [0, 0.1) is 0 Å². The summed E-state index contributed by atoms with van der Waals surface area (Å²) < 4.78 is 13.4. The molecule has 7 aromatic carbocycles. The summed E-state index contributed by atoms with van der Waals surface area (Å²) in [5.74, 6) is 2.57. The monoisotopic (exact) mass is 777 g/mol. The van der Waals surface area contributed by atoms with Crippen LogP contribution in [0.1, 0.15) is 89.6 Å². The molecule has 5 aliphatic rings. The van der Waals surface area contributed by atoms with Crippen molar-refractivity contribution < 1.29 is 9.47 Å². The first kappa shape index (κ1) is 35.4. The lowest BCUT2D eigenvalue weighted by Gasteiger charge is -2.31. The Morgan fingerprint density at radius 3 is 1.87 bits per heavy atom. The number of hydrogen-bond acceptors (Lipinski definition) is 3. The molecule has 60 heavy (non-hydrogen) atoms. The molecule has 3 heteroatoms. The van der Waals surface area contributed by atoms with Gasteiger partial charge < -0.3 is 14.4 Å². The Bertz CT molecular complexity index is 2780. The highest BCUT2D eigenvalue weighted by Gasteiger charge is 2.60. The van der Waals surface area contributed by atoms with E-state index in [-0.39, 0.29) is 35.6 Å².